The molecule has 0 N–H and O–H groups in total. The number of ketones is 1. The molecule has 1 fully saturated rings. The molecule has 2 heteroatoms. The Labute approximate surface area is 148 Å². The third-order valence-corrected chi connectivity index (χ3v) is 5.26. The van der Waals surface area contributed by atoms with Crippen LogP contribution in [0.25, 0.3) is 0 Å². The lowest BCUT2D eigenvalue weighted by atomic mass is 9.76. The Hall–Kier alpha value is -1.31. The van der Waals surface area contributed by atoms with E-state index in [1.165, 1.54) is 50.5 Å². The quantitative estimate of drug-likeness (QED) is 0.471. The number of hydrogen-bond donors (Lipinski definition) is 0. The number of hydrogen-bond acceptors (Lipinski definition) is 2. The van der Waals surface area contributed by atoms with Gasteiger partial charge in [0, 0.05) is 12.3 Å². The molecule has 1 aromatic rings. The highest BCUT2D eigenvalue weighted by Crippen LogP contribution is 2.35. The van der Waals surface area contributed by atoms with Crippen molar-refractivity contribution in [3.63, 3.8) is 0 Å². The van der Waals surface area contributed by atoms with E-state index < -0.39 is 0 Å². The molecule has 0 aromatic heterocycles. The maximum Gasteiger partial charge on any atom is 0.140 e. The summed E-state index contributed by atoms with van der Waals surface area (Å²) in [7, 11) is 0. The SMILES string of the molecule is CCCCCCOc1ccc([C@H]2CC[C@H](CCCC)CC2=O)cc1. The molecule has 0 spiro atoms. The van der Waals surface area contributed by atoms with Gasteiger partial charge in [-0.3, -0.25) is 4.79 Å². The van der Waals surface area contributed by atoms with Crippen LogP contribution in [0.2, 0.25) is 0 Å². The number of Topliss-reactive ketones (excluding diaryl/α,β-unsaturated/α-hetero) is 1. The first-order valence-corrected chi connectivity index (χ1v) is 10.00. The second-order valence-electron chi connectivity index (χ2n) is 7.29. The molecular formula is C22H34O2. The maximum atomic E-state index is 12.5. The summed E-state index contributed by atoms with van der Waals surface area (Å²) in [6, 6.07) is 8.25. The second kappa shape index (κ2) is 10.5. The minimum Gasteiger partial charge on any atom is -0.494 e. The van der Waals surface area contributed by atoms with Crippen molar-refractivity contribution >= 4 is 5.78 Å². The van der Waals surface area contributed by atoms with Gasteiger partial charge in [-0.25, -0.2) is 0 Å². The predicted molar refractivity (Wildman–Crippen MR) is 101 cm³/mol. The Morgan fingerprint density at radius 2 is 1.71 bits per heavy atom. The van der Waals surface area contributed by atoms with Gasteiger partial charge in [0.05, 0.1) is 6.61 Å². The lowest BCUT2D eigenvalue weighted by molar-refractivity contribution is -0.123. The van der Waals surface area contributed by atoms with Crippen molar-refractivity contribution in [3.8, 4) is 5.75 Å². The largest absolute Gasteiger partial charge is 0.494 e. The van der Waals surface area contributed by atoms with Crippen LogP contribution in [0.4, 0.5) is 0 Å². The van der Waals surface area contributed by atoms with E-state index in [1.54, 1.807) is 0 Å². The third kappa shape index (κ3) is 5.96. The lowest BCUT2D eigenvalue weighted by Crippen LogP contribution is -2.23. The monoisotopic (exact) mass is 330 g/mol. The van der Waals surface area contributed by atoms with E-state index in [4.69, 9.17) is 4.74 Å². The zero-order chi connectivity index (χ0) is 17.2. The van der Waals surface area contributed by atoms with Crippen LogP contribution in [-0.2, 0) is 4.79 Å². The van der Waals surface area contributed by atoms with Crippen LogP contribution in [0.3, 0.4) is 0 Å². The summed E-state index contributed by atoms with van der Waals surface area (Å²) >= 11 is 0. The first-order chi connectivity index (χ1) is 11.7. The van der Waals surface area contributed by atoms with Gasteiger partial charge in [0.25, 0.3) is 0 Å². The molecular weight excluding hydrogens is 296 g/mol. The summed E-state index contributed by atoms with van der Waals surface area (Å²) in [6.45, 7) is 5.24. The van der Waals surface area contributed by atoms with E-state index in [9.17, 15) is 4.79 Å². The fourth-order valence-corrected chi connectivity index (χ4v) is 3.70. The number of ether oxygens (including phenoxy) is 1. The van der Waals surface area contributed by atoms with Gasteiger partial charge in [0.2, 0.25) is 0 Å². The van der Waals surface area contributed by atoms with Crippen molar-refractivity contribution in [2.24, 2.45) is 5.92 Å². The Morgan fingerprint density at radius 3 is 2.38 bits per heavy atom. The fraction of sp³-hybridized carbons (Fsp3) is 0.682. The van der Waals surface area contributed by atoms with Crippen molar-refractivity contribution in [2.45, 2.75) is 84.0 Å². The molecule has 1 aromatic carbocycles. The van der Waals surface area contributed by atoms with Gasteiger partial charge in [-0.1, -0.05) is 64.5 Å². The molecule has 0 radical (unpaired) electrons. The van der Waals surface area contributed by atoms with Crippen LogP contribution < -0.4 is 4.74 Å². The summed E-state index contributed by atoms with van der Waals surface area (Å²) in [5.74, 6) is 2.11. The topological polar surface area (TPSA) is 26.3 Å². The number of benzene rings is 1. The van der Waals surface area contributed by atoms with Crippen molar-refractivity contribution in [2.75, 3.05) is 6.61 Å². The van der Waals surface area contributed by atoms with Gasteiger partial charge in [-0.15, -0.1) is 0 Å². The van der Waals surface area contributed by atoms with Gasteiger partial charge < -0.3 is 4.74 Å². The normalized spacial score (nSPS) is 21.0. The number of carbonyl (C=O) groups is 1. The van der Waals surface area contributed by atoms with Crippen LogP contribution in [0.1, 0.15) is 89.5 Å². The number of rotatable bonds is 10. The highest BCUT2D eigenvalue weighted by molar-refractivity contribution is 5.86. The van der Waals surface area contributed by atoms with Crippen LogP contribution in [0.15, 0.2) is 24.3 Å². The van der Waals surface area contributed by atoms with E-state index >= 15 is 0 Å². The third-order valence-electron chi connectivity index (χ3n) is 5.26. The molecule has 0 bridgehead atoms. The van der Waals surface area contributed by atoms with Gasteiger partial charge in [0.15, 0.2) is 0 Å². The van der Waals surface area contributed by atoms with Gasteiger partial charge >= 0.3 is 0 Å². The Bertz CT molecular complexity index is 477. The highest BCUT2D eigenvalue weighted by atomic mass is 16.5. The van der Waals surface area contributed by atoms with Crippen LogP contribution >= 0.6 is 0 Å². The average molecular weight is 331 g/mol. The molecule has 0 heterocycles. The molecule has 2 nitrogen and oxygen atoms in total. The summed E-state index contributed by atoms with van der Waals surface area (Å²) in [6.07, 6.45) is 11.6. The van der Waals surface area contributed by atoms with Crippen molar-refractivity contribution in [1.82, 2.24) is 0 Å². The molecule has 134 valence electrons. The number of carbonyl (C=O) groups excluding carboxylic acids is 1. The van der Waals surface area contributed by atoms with E-state index in [2.05, 4.69) is 26.0 Å². The molecule has 0 aliphatic heterocycles. The minimum atomic E-state index is 0.112. The Morgan fingerprint density at radius 1 is 0.958 bits per heavy atom. The summed E-state index contributed by atoms with van der Waals surface area (Å²) in [5, 5.41) is 0. The molecule has 0 saturated heterocycles. The van der Waals surface area contributed by atoms with Gasteiger partial charge in [0.1, 0.15) is 11.5 Å². The van der Waals surface area contributed by atoms with Crippen molar-refractivity contribution < 1.29 is 9.53 Å². The molecule has 0 amide bonds. The van der Waals surface area contributed by atoms with E-state index in [1.807, 2.05) is 12.1 Å². The van der Waals surface area contributed by atoms with Gasteiger partial charge in [-0.05, 0) is 42.9 Å². The smallest absolute Gasteiger partial charge is 0.140 e. The molecule has 24 heavy (non-hydrogen) atoms. The fourth-order valence-electron chi connectivity index (χ4n) is 3.70. The standard InChI is InChI=1S/C22H34O2/c1-3-5-7-8-16-24-20-13-11-19(12-14-20)21-15-10-18(9-6-4-2)17-22(21)23/h11-14,18,21H,3-10,15-17H2,1-2H3/t18-,21+/m0/s1. The zero-order valence-corrected chi connectivity index (χ0v) is 15.6. The zero-order valence-electron chi connectivity index (χ0n) is 15.6. The summed E-state index contributed by atoms with van der Waals surface area (Å²) < 4.78 is 5.80. The molecule has 1 aliphatic carbocycles. The average Bonchev–Trinajstić information content (AvgIpc) is 2.60. The molecule has 2 rings (SSSR count). The van der Waals surface area contributed by atoms with E-state index in [-0.39, 0.29) is 5.92 Å². The predicted octanol–water partition coefficient (Wildman–Crippen LogP) is 6.29. The number of unbranched alkanes of at least 4 members (excludes halogenated alkanes) is 4. The summed E-state index contributed by atoms with van der Waals surface area (Å²) in [4.78, 5) is 12.5. The van der Waals surface area contributed by atoms with Crippen LogP contribution in [-0.4, -0.2) is 12.4 Å². The minimum absolute atomic E-state index is 0.112. The van der Waals surface area contributed by atoms with E-state index in [0.29, 0.717) is 11.7 Å². The second-order valence-corrected chi connectivity index (χ2v) is 7.29. The molecule has 1 saturated carbocycles. The van der Waals surface area contributed by atoms with Crippen LogP contribution in [0, 0.1) is 5.92 Å². The highest BCUT2D eigenvalue weighted by Gasteiger charge is 2.29. The lowest BCUT2D eigenvalue weighted by Gasteiger charge is -2.27. The molecule has 1 aliphatic rings. The Kier molecular flexibility index (Phi) is 8.35. The first kappa shape index (κ1) is 19.0. The van der Waals surface area contributed by atoms with Crippen molar-refractivity contribution in [3.05, 3.63) is 29.8 Å². The maximum absolute atomic E-state index is 12.5. The first-order valence-electron chi connectivity index (χ1n) is 10.00. The van der Waals surface area contributed by atoms with Crippen LogP contribution in [0.5, 0.6) is 5.75 Å². The van der Waals surface area contributed by atoms with E-state index in [0.717, 1.165) is 31.6 Å². The molecule has 0 unspecified atom stereocenters. The van der Waals surface area contributed by atoms with Crippen molar-refractivity contribution in [1.29, 1.82) is 0 Å². The Balaban J connectivity index is 1.79. The summed E-state index contributed by atoms with van der Waals surface area (Å²) in [5.41, 5.74) is 1.17. The van der Waals surface area contributed by atoms with Gasteiger partial charge in [-0.2, -0.15) is 0 Å². The molecule has 2 atom stereocenters.